The average molecular weight is 543 g/mol. The zero-order chi connectivity index (χ0) is 28.5. The van der Waals surface area contributed by atoms with Crippen LogP contribution >= 0.6 is 0 Å². The first-order chi connectivity index (χ1) is 19.3. The van der Waals surface area contributed by atoms with E-state index < -0.39 is 9.85 Å². The maximum absolute atomic E-state index is 12.2. The number of benzene rings is 4. The van der Waals surface area contributed by atoms with Crippen LogP contribution in [0.4, 0.5) is 22.7 Å². The van der Waals surface area contributed by atoms with Crippen LogP contribution in [0.15, 0.2) is 97.1 Å². The summed E-state index contributed by atoms with van der Waals surface area (Å²) < 4.78 is 10.7. The van der Waals surface area contributed by atoms with Gasteiger partial charge in [-0.1, -0.05) is 24.3 Å². The van der Waals surface area contributed by atoms with Gasteiger partial charge in [-0.15, -0.1) is 0 Å². The number of nitrogens with zero attached hydrogens (tertiary/aromatic N) is 2. The molecule has 0 aliphatic rings. The van der Waals surface area contributed by atoms with Crippen LogP contribution in [0.5, 0.6) is 11.5 Å². The third-order valence-electron chi connectivity index (χ3n) is 5.51. The summed E-state index contributed by atoms with van der Waals surface area (Å²) in [5, 5.41) is 26.8. The number of ether oxygens (including phenoxy) is 2. The summed E-state index contributed by atoms with van der Waals surface area (Å²) >= 11 is 0. The van der Waals surface area contributed by atoms with E-state index in [0.717, 1.165) is 11.1 Å². The van der Waals surface area contributed by atoms with Crippen LogP contribution in [0, 0.1) is 20.2 Å². The number of amides is 2. The van der Waals surface area contributed by atoms with Crippen molar-refractivity contribution in [3.8, 4) is 22.6 Å². The molecule has 0 atom stereocenters. The highest BCUT2D eigenvalue weighted by molar-refractivity contribution is 5.93. The smallest absolute Gasteiger partial charge is 0.269 e. The molecule has 0 heterocycles. The van der Waals surface area contributed by atoms with Crippen LogP contribution in [-0.2, 0) is 9.59 Å². The minimum Gasteiger partial charge on any atom is -0.484 e. The van der Waals surface area contributed by atoms with E-state index in [1.165, 1.54) is 48.5 Å². The van der Waals surface area contributed by atoms with Gasteiger partial charge in [0.25, 0.3) is 23.2 Å². The normalized spacial score (nSPS) is 10.3. The summed E-state index contributed by atoms with van der Waals surface area (Å²) in [6, 6.07) is 25.2. The van der Waals surface area contributed by atoms with Crippen molar-refractivity contribution in [2.75, 3.05) is 23.8 Å². The van der Waals surface area contributed by atoms with Crippen molar-refractivity contribution in [1.29, 1.82) is 0 Å². The molecule has 0 saturated heterocycles. The summed E-state index contributed by atoms with van der Waals surface area (Å²) in [4.78, 5) is 44.8. The van der Waals surface area contributed by atoms with Crippen LogP contribution in [-0.4, -0.2) is 34.9 Å². The summed E-state index contributed by atoms with van der Waals surface area (Å²) in [6.07, 6.45) is 0. The number of hydrogen-bond donors (Lipinski definition) is 2. The number of carbonyl (C=O) groups is 2. The maximum atomic E-state index is 12.2. The maximum Gasteiger partial charge on any atom is 0.269 e. The molecule has 4 aromatic rings. The summed E-state index contributed by atoms with van der Waals surface area (Å²) in [6.45, 7) is -0.517. The van der Waals surface area contributed by atoms with E-state index in [1.54, 1.807) is 24.3 Å². The molecule has 202 valence electrons. The highest BCUT2D eigenvalue weighted by Gasteiger charge is 2.09. The standard InChI is InChI=1S/C28H22N4O8/c33-27(17-39-25-13-9-23(10-14-25)31(35)36)29-21-5-1-19(2-6-21)20-3-7-22(8-4-20)30-28(34)18-40-26-15-11-24(12-16-26)32(37)38/h1-16H,17-18H2,(H,29,33)(H,30,34). The molecule has 0 fully saturated rings. The van der Waals surface area contributed by atoms with Gasteiger partial charge in [0.1, 0.15) is 11.5 Å². The molecule has 0 aromatic heterocycles. The predicted molar refractivity (Wildman–Crippen MR) is 146 cm³/mol. The lowest BCUT2D eigenvalue weighted by Gasteiger charge is -2.10. The largest absolute Gasteiger partial charge is 0.484 e. The molecule has 12 heteroatoms. The minimum atomic E-state index is -0.517. The third kappa shape index (κ3) is 7.61. The number of nitrogens with one attached hydrogen (secondary N) is 2. The van der Waals surface area contributed by atoms with Crippen LogP contribution in [0.1, 0.15) is 0 Å². The molecule has 4 rings (SSSR count). The minimum absolute atomic E-state index is 0.0669. The van der Waals surface area contributed by atoms with Crippen LogP contribution < -0.4 is 20.1 Å². The van der Waals surface area contributed by atoms with Gasteiger partial charge in [0.05, 0.1) is 9.85 Å². The van der Waals surface area contributed by atoms with Crippen molar-refractivity contribution in [3.05, 3.63) is 117 Å². The summed E-state index contributed by atoms with van der Waals surface area (Å²) in [7, 11) is 0. The zero-order valence-corrected chi connectivity index (χ0v) is 20.8. The Balaban J connectivity index is 1.23. The van der Waals surface area contributed by atoms with Crippen molar-refractivity contribution in [2.45, 2.75) is 0 Å². The number of carbonyl (C=O) groups excluding carboxylic acids is 2. The molecule has 40 heavy (non-hydrogen) atoms. The van der Waals surface area contributed by atoms with Crippen molar-refractivity contribution in [2.24, 2.45) is 0 Å². The fourth-order valence-corrected chi connectivity index (χ4v) is 3.51. The molecule has 0 radical (unpaired) electrons. The van der Waals surface area contributed by atoms with Gasteiger partial charge in [-0.3, -0.25) is 29.8 Å². The van der Waals surface area contributed by atoms with Gasteiger partial charge in [0.2, 0.25) is 0 Å². The number of anilines is 2. The zero-order valence-electron chi connectivity index (χ0n) is 20.8. The summed E-state index contributed by atoms with van der Waals surface area (Å²) in [5.41, 5.74) is 2.78. The van der Waals surface area contributed by atoms with Crippen molar-refractivity contribution >= 4 is 34.6 Å². The second-order valence-electron chi connectivity index (χ2n) is 8.33. The number of hydrogen-bond acceptors (Lipinski definition) is 8. The molecule has 0 spiro atoms. The molecule has 0 aliphatic carbocycles. The van der Waals surface area contributed by atoms with Gasteiger partial charge in [-0.25, -0.2) is 0 Å². The fraction of sp³-hybridized carbons (Fsp3) is 0.0714. The molecule has 12 nitrogen and oxygen atoms in total. The third-order valence-corrected chi connectivity index (χ3v) is 5.51. The van der Waals surface area contributed by atoms with Crippen molar-refractivity contribution < 1.29 is 28.9 Å². The van der Waals surface area contributed by atoms with Crippen LogP contribution in [0.2, 0.25) is 0 Å². The van der Waals surface area contributed by atoms with Gasteiger partial charge < -0.3 is 20.1 Å². The molecule has 2 N–H and O–H groups in total. The Kier molecular flexibility index (Phi) is 8.62. The average Bonchev–Trinajstić information content (AvgIpc) is 2.96. The number of rotatable bonds is 11. The number of nitro groups is 2. The van der Waals surface area contributed by atoms with E-state index in [0.29, 0.717) is 22.9 Å². The number of non-ortho nitro benzene ring substituents is 2. The fourth-order valence-electron chi connectivity index (χ4n) is 3.51. The molecule has 0 unspecified atom stereocenters. The molecular weight excluding hydrogens is 520 g/mol. The Bertz CT molecular complexity index is 1390. The lowest BCUT2D eigenvalue weighted by Crippen LogP contribution is -2.20. The first-order valence-electron chi connectivity index (χ1n) is 11.8. The van der Waals surface area contributed by atoms with Crippen LogP contribution in [0.3, 0.4) is 0 Å². The Morgan fingerprint density at radius 2 is 0.875 bits per heavy atom. The van der Waals surface area contributed by atoms with E-state index >= 15 is 0 Å². The summed E-state index contributed by atoms with van der Waals surface area (Å²) in [5.74, 6) is -0.0898. The Morgan fingerprint density at radius 1 is 0.550 bits per heavy atom. The molecule has 2 amide bonds. The second-order valence-corrected chi connectivity index (χ2v) is 8.33. The molecule has 0 saturated carbocycles. The van der Waals surface area contributed by atoms with E-state index in [-0.39, 0.29) is 36.4 Å². The highest BCUT2D eigenvalue weighted by atomic mass is 16.6. The Labute approximate surface area is 227 Å². The van der Waals surface area contributed by atoms with E-state index in [9.17, 15) is 29.8 Å². The first-order valence-corrected chi connectivity index (χ1v) is 11.8. The lowest BCUT2D eigenvalue weighted by atomic mass is 10.0. The van der Waals surface area contributed by atoms with E-state index in [1.807, 2.05) is 24.3 Å². The highest BCUT2D eigenvalue weighted by Crippen LogP contribution is 2.24. The lowest BCUT2D eigenvalue weighted by molar-refractivity contribution is -0.385. The Hall–Kier alpha value is -5.78. The van der Waals surface area contributed by atoms with Gasteiger partial charge in [-0.05, 0) is 59.7 Å². The molecule has 4 aromatic carbocycles. The Morgan fingerprint density at radius 3 is 1.18 bits per heavy atom. The van der Waals surface area contributed by atoms with E-state index in [4.69, 9.17) is 9.47 Å². The second kappa shape index (κ2) is 12.6. The van der Waals surface area contributed by atoms with Gasteiger partial charge in [-0.2, -0.15) is 0 Å². The van der Waals surface area contributed by atoms with E-state index in [2.05, 4.69) is 10.6 Å². The number of nitro benzene ring substituents is 2. The van der Waals surface area contributed by atoms with Crippen molar-refractivity contribution in [3.63, 3.8) is 0 Å². The SMILES string of the molecule is O=C(COc1ccc([N+](=O)[O-])cc1)Nc1ccc(-c2ccc(NC(=O)COc3ccc([N+](=O)[O-])cc3)cc2)cc1. The molecule has 0 aliphatic heterocycles. The van der Waals surface area contributed by atoms with Gasteiger partial charge >= 0.3 is 0 Å². The molecule has 0 bridgehead atoms. The topological polar surface area (TPSA) is 163 Å². The van der Waals surface area contributed by atoms with Crippen LogP contribution in [0.25, 0.3) is 11.1 Å². The monoisotopic (exact) mass is 542 g/mol. The predicted octanol–water partition coefficient (Wildman–Crippen LogP) is 5.21. The molecular formula is C28H22N4O8. The first kappa shape index (κ1) is 27.3. The van der Waals surface area contributed by atoms with Crippen molar-refractivity contribution in [1.82, 2.24) is 0 Å². The van der Waals surface area contributed by atoms with Gasteiger partial charge in [0.15, 0.2) is 13.2 Å². The van der Waals surface area contributed by atoms with Gasteiger partial charge in [0, 0.05) is 35.6 Å². The quantitative estimate of drug-likeness (QED) is 0.193.